The van der Waals surface area contributed by atoms with Crippen LogP contribution in [-0.2, 0) is 13.2 Å². The zero-order valence-corrected chi connectivity index (χ0v) is 9.34. The van der Waals surface area contributed by atoms with E-state index in [1.54, 1.807) is 7.05 Å². The Labute approximate surface area is 97.7 Å². The number of aryl methyl sites for hydroxylation is 1. The summed E-state index contributed by atoms with van der Waals surface area (Å²) < 4.78 is 38.3. The van der Waals surface area contributed by atoms with Crippen LogP contribution in [-0.4, -0.2) is 20.5 Å². The topological polar surface area (TPSA) is 47.8 Å². The van der Waals surface area contributed by atoms with Crippen LogP contribution < -0.4 is 0 Å². The van der Waals surface area contributed by atoms with Crippen LogP contribution >= 0.6 is 11.3 Å². The van der Waals surface area contributed by atoms with Gasteiger partial charge in [-0.1, -0.05) is 0 Å². The van der Waals surface area contributed by atoms with Gasteiger partial charge in [-0.05, 0) is 0 Å². The molecule has 8 heteroatoms. The van der Waals surface area contributed by atoms with Crippen molar-refractivity contribution >= 4 is 17.1 Å². The first-order chi connectivity index (χ1) is 7.88. The second kappa shape index (κ2) is 3.95. The lowest BCUT2D eigenvalue weighted by molar-refractivity contribution is -0.137. The summed E-state index contributed by atoms with van der Waals surface area (Å²) in [4.78, 5) is 14.9. The zero-order valence-electron chi connectivity index (χ0n) is 8.52. The van der Waals surface area contributed by atoms with Gasteiger partial charge in [0.25, 0.3) is 0 Å². The van der Waals surface area contributed by atoms with Crippen molar-refractivity contribution in [2.24, 2.45) is 7.05 Å². The van der Waals surface area contributed by atoms with Crippen LogP contribution in [0, 0.1) is 0 Å². The van der Waals surface area contributed by atoms with E-state index in [1.165, 1.54) is 17.1 Å². The molecular formula is C9H6F3N3OS. The molecule has 2 aromatic heterocycles. The van der Waals surface area contributed by atoms with E-state index in [4.69, 9.17) is 0 Å². The molecule has 17 heavy (non-hydrogen) atoms. The van der Waals surface area contributed by atoms with Crippen molar-refractivity contribution in [1.29, 1.82) is 0 Å². The first kappa shape index (κ1) is 11.8. The fraction of sp³-hybridized carbons (Fsp3) is 0.222. The van der Waals surface area contributed by atoms with Gasteiger partial charge < -0.3 is 0 Å². The molecule has 2 rings (SSSR count). The number of thiazole rings is 1. The molecule has 0 unspecified atom stereocenters. The number of halogens is 3. The molecule has 90 valence electrons. The molecule has 4 nitrogen and oxygen atoms in total. The minimum Gasteiger partial charge on any atom is -0.288 e. The lowest BCUT2D eigenvalue weighted by atomic mass is 10.2. The number of carbonyl (C=O) groups is 1. The summed E-state index contributed by atoms with van der Waals surface area (Å²) in [6.07, 6.45) is -0.842. The predicted molar refractivity (Wildman–Crippen MR) is 53.8 cm³/mol. The van der Waals surface area contributed by atoms with E-state index in [1.807, 2.05) is 0 Å². The van der Waals surface area contributed by atoms with Crippen LogP contribution in [0.1, 0.15) is 20.2 Å². The van der Waals surface area contributed by atoms with Gasteiger partial charge in [-0.25, -0.2) is 4.98 Å². The molecule has 0 aliphatic carbocycles. The third-order valence-electron chi connectivity index (χ3n) is 1.94. The number of hydrogen-bond donors (Lipinski definition) is 0. The molecule has 0 aliphatic heterocycles. The Kier molecular flexibility index (Phi) is 2.74. The molecule has 0 fully saturated rings. The van der Waals surface area contributed by atoms with Crippen molar-refractivity contribution in [2.45, 2.75) is 6.18 Å². The number of alkyl halides is 3. The Morgan fingerprint density at radius 1 is 1.41 bits per heavy atom. The monoisotopic (exact) mass is 261 g/mol. The van der Waals surface area contributed by atoms with Gasteiger partial charge in [-0.15, -0.1) is 11.3 Å². The van der Waals surface area contributed by atoms with Crippen molar-refractivity contribution in [3.63, 3.8) is 0 Å². The maximum atomic E-state index is 12.3. The Hall–Kier alpha value is -1.70. The van der Waals surface area contributed by atoms with Crippen LogP contribution in [0.25, 0.3) is 0 Å². The number of aromatic nitrogens is 3. The highest BCUT2D eigenvalue weighted by atomic mass is 32.1. The molecule has 0 aromatic carbocycles. The number of nitrogens with zero attached hydrogens (tertiary/aromatic N) is 3. The summed E-state index contributed by atoms with van der Waals surface area (Å²) in [5, 5.41) is 2.75. The molecule has 0 bridgehead atoms. The molecule has 2 aromatic rings. The standard InChI is InChI=1S/C9H6F3N3OS/c1-15-4-5(2-14-15)7(16)6-3-13-8(17-6)9(10,11)12/h2-4H,1H3. The summed E-state index contributed by atoms with van der Waals surface area (Å²) in [6, 6.07) is 0. The van der Waals surface area contributed by atoms with Crippen molar-refractivity contribution in [2.75, 3.05) is 0 Å². The first-order valence-corrected chi connectivity index (χ1v) is 5.26. The van der Waals surface area contributed by atoms with E-state index in [0.717, 1.165) is 6.20 Å². The summed E-state index contributed by atoms with van der Waals surface area (Å²) >= 11 is 0.329. The van der Waals surface area contributed by atoms with Gasteiger partial charge in [0.05, 0.1) is 16.6 Å². The Balaban J connectivity index is 2.30. The molecule has 0 spiro atoms. The minimum atomic E-state index is -4.52. The largest absolute Gasteiger partial charge is 0.443 e. The lowest BCUT2D eigenvalue weighted by Gasteiger charge is -1.98. The average molecular weight is 261 g/mol. The van der Waals surface area contributed by atoms with E-state index in [0.29, 0.717) is 11.3 Å². The molecule has 0 radical (unpaired) electrons. The van der Waals surface area contributed by atoms with E-state index in [9.17, 15) is 18.0 Å². The quantitative estimate of drug-likeness (QED) is 0.778. The van der Waals surface area contributed by atoms with Gasteiger partial charge in [-0.3, -0.25) is 9.48 Å². The molecule has 0 saturated carbocycles. The zero-order chi connectivity index (χ0) is 12.6. The van der Waals surface area contributed by atoms with Gasteiger partial charge in [-0.2, -0.15) is 18.3 Å². The third kappa shape index (κ3) is 2.36. The number of ketones is 1. The minimum absolute atomic E-state index is 0.0506. The summed E-state index contributed by atoms with van der Waals surface area (Å²) in [7, 11) is 1.62. The van der Waals surface area contributed by atoms with Gasteiger partial charge in [0.2, 0.25) is 5.78 Å². The van der Waals surface area contributed by atoms with E-state index >= 15 is 0 Å². The SMILES string of the molecule is Cn1cc(C(=O)c2cnc(C(F)(F)F)s2)cn1. The normalized spacial score (nSPS) is 11.8. The number of hydrogen-bond acceptors (Lipinski definition) is 4. The lowest BCUT2D eigenvalue weighted by Crippen LogP contribution is -2.03. The Morgan fingerprint density at radius 2 is 2.12 bits per heavy atom. The molecule has 0 aliphatic rings. The number of carbonyl (C=O) groups excluding carboxylic acids is 1. The summed E-state index contributed by atoms with van der Waals surface area (Å²) in [6.45, 7) is 0. The van der Waals surface area contributed by atoms with Gasteiger partial charge >= 0.3 is 6.18 Å². The third-order valence-corrected chi connectivity index (χ3v) is 2.98. The second-order valence-electron chi connectivity index (χ2n) is 3.26. The van der Waals surface area contributed by atoms with Crippen molar-refractivity contribution in [1.82, 2.24) is 14.8 Å². The van der Waals surface area contributed by atoms with Crippen LogP contribution in [0.5, 0.6) is 0 Å². The van der Waals surface area contributed by atoms with Crippen molar-refractivity contribution in [3.05, 3.63) is 34.0 Å². The highest BCUT2D eigenvalue weighted by Gasteiger charge is 2.35. The molecule has 0 N–H and O–H groups in total. The van der Waals surface area contributed by atoms with Crippen molar-refractivity contribution in [3.8, 4) is 0 Å². The van der Waals surface area contributed by atoms with Crippen LogP contribution in [0.2, 0.25) is 0 Å². The molecular weight excluding hydrogens is 255 g/mol. The van der Waals surface area contributed by atoms with Crippen LogP contribution in [0.3, 0.4) is 0 Å². The highest BCUT2D eigenvalue weighted by molar-refractivity contribution is 7.13. The summed E-state index contributed by atoms with van der Waals surface area (Å²) in [5.74, 6) is -0.508. The smallest absolute Gasteiger partial charge is 0.288 e. The highest BCUT2D eigenvalue weighted by Crippen LogP contribution is 2.32. The maximum absolute atomic E-state index is 12.3. The fourth-order valence-electron chi connectivity index (χ4n) is 1.19. The van der Waals surface area contributed by atoms with E-state index in [-0.39, 0.29) is 10.4 Å². The second-order valence-corrected chi connectivity index (χ2v) is 4.29. The van der Waals surface area contributed by atoms with Crippen LogP contribution in [0.15, 0.2) is 18.6 Å². The van der Waals surface area contributed by atoms with Gasteiger partial charge in [0.1, 0.15) is 0 Å². The van der Waals surface area contributed by atoms with E-state index < -0.39 is 17.0 Å². The predicted octanol–water partition coefficient (Wildman–Crippen LogP) is 2.13. The molecule has 0 amide bonds. The maximum Gasteiger partial charge on any atom is 0.443 e. The van der Waals surface area contributed by atoms with Gasteiger partial charge in [0.15, 0.2) is 5.01 Å². The van der Waals surface area contributed by atoms with Crippen molar-refractivity contribution < 1.29 is 18.0 Å². The number of rotatable bonds is 2. The Bertz CT molecular complexity index is 558. The molecule has 0 saturated heterocycles. The van der Waals surface area contributed by atoms with Crippen LogP contribution in [0.4, 0.5) is 13.2 Å². The molecule has 0 atom stereocenters. The fourth-order valence-corrected chi connectivity index (χ4v) is 1.94. The first-order valence-electron chi connectivity index (χ1n) is 4.44. The van der Waals surface area contributed by atoms with Gasteiger partial charge in [0, 0.05) is 19.4 Å². The molecule has 2 heterocycles. The summed E-state index contributed by atoms with van der Waals surface area (Å²) in [5.41, 5.74) is 0.241. The average Bonchev–Trinajstić information content (AvgIpc) is 2.83. The van der Waals surface area contributed by atoms with E-state index in [2.05, 4.69) is 10.1 Å². The Morgan fingerprint density at radius 3 is 2.59 bits per heavy atom.